The predicted molar refractivity (Wildman–Crippen MR) is 98.0 cm³/mol. The molecule has 1 unspecified atom stereocenters. The number of phenols is 1. The smallest absolute Gasteiger partial charge is 0.269 e. The number of non-ortho nitro benzene ring substituents is 1. The van der Waals surface area contributed by atoms with Crippen molar-refractivity contribution in [3.8, 4) is 17.6 Å². The molecule has 132 valence electrons. The zero-order valence-corrected chi connectivity index (χ0v) is 13.9. The Kier molecular flexibility index (Phi) is 3.67. The molecule has 1 atom stereocenters. The van der Waals surface area contributed by atoms with E-state index in [1.165, 1.54) is 12.1 Å². The quantitative estimate of drug-likeness (QED) is 0.531. The van der Waals surface area contributed by atoms with Gasteiger partial charge in [-0.05, 0) is 11.6 Å². The highest BCUT2D eigenvalue weighted by molar-refractivity contribution is 5.94. The molecule has 3 aromatic rings. The van der Waals surface area contributed by atoms with E-state index in [9.17, 15) is 20.5 Å². The third-order valence-corrected chi connectivity index (χ3v) is 4.63. The van der Waals surface area contributed by atoms with E-state index in [1.807, 2.05) is 0 Å². The van der Waals surface area contributed by atoms with Gasteiger partial charge in [0.05, 0.1) is 10.8 Å². The summed E-state index contributed by atoms with van der Waals surface area (Å²) < 4.78 is 5.72. The Hall–Kier alpha value is -4.05. The van der Waals surface area contributed by atoms with E-state index in [0.717, 1.165) is 0 Å². The molecule has 4 rings (SSSR count). The first-order valence-corrected chi connectivity index (χ1v) is 8.07. The highest BCUT2D eigenvalue weighted by atomic mass is 16.6. The maximum Gasteiger partial charge on any atom is 0.269 e. The molecule has 0 aromatic heterocycles. The van der Waals surface area contributed by atoms with Crippen LogP contribution in [-0.4, -0.2) is 10.0 Å². The number of nitro groups is 1. The number of ether oxygens (including phenoxy) is 1. The topological polar surface area (TPSA) is 122 Å². The molecule has 0 saturated heterocycles. The zero-order valence-electron chi connectivity index (χ0n) is 13.9. The largest absolute Gasteiger partial charge is 0.507 e. The van der Waals surface area contributed by atoms with E-state index in [4.69, 9.17) is 10.5 Å². The fraction of sp³-hybridized carbons (Fsp3) is 0.0500. The van der Waals surface area contributed by atoms with Gasteiger partial charge < -0.3 is 15.6 Å². The number of hydrogen-bond acceptors (Lipinski definition) is 6. The van der Waals surface area contributed by atoms with E-state index in [2.05, 4.69) is 6.07 Å². The summed E-state index contributed by atoms with van der Waals surface area (Å²) in [6, 6.07) is 16.7. The first-order chi connectivity index (χ1) is 13.0. The fourth-order valence-corrected chi connectivity index (χ4v) is 3.42. The molecular formula is C20H13N3O4. The van der Waals surface area contributed by atoms with Crippen LogP contribution in [0.15, 0.2) is 66.1 Å². The number of fused-ring (bicyclic) bond motifs is 3. The summed E-state index contributed by atoms with van der Waals surface area (Å²) in [5, 5.41) is 32.1. The second-order valence-corrected chi connectivity index (χ2v) is 6.13. The molecule has 0 amide bonds. The van der Waals surface area contributed by atoms with Crippen LogP contribution < -0.4 is 10.5 Å². The molecule has 1 heterocycles. The molecule has 7 nitrogen and oxygen atoms in total. The van der Waals surface area contributed by atoms with Crippen LogP contribution in [0.25, 0.3) is 10.8 Å². The second kappa shape index (κ2) is 6.04. The van der Waals surface area contributed by atoms with E-state index >= 15 is 0 Å². The number of rotatable bonds is 2. The first-order valence-electron chi connectivity index (χ1n) is 8.07. The molecule has 0 radical (unpaired) electrons. The van der Waals surface area contributed by atoms with Gasteiger partial charge in [-0.2, -0.15) is 5.26 Å². The van der Waals surface area contributed by atoms with Crippen molar-refractivity contribution in [2.75, 3.05) is 0 Å². The molecule has 1 aliphatic rings. The average Bonchev–Trinajstić information content (AvgIpc) is 2.67. The lowest BCUT2D eigenvalue weighted by atomic mass is 9.82. The highest BCUT2D eigenvalue weighted by Crippen LogP contribution is 2.46. The highest BCUT2D eigenvalue weighted by Gasteiger charge is 2.32. The number of aromatic hydroxyl groups is 1. The number of nitriles is 1. The molecule has 27 heavy (non-hydrogen) atoms. The van der Waals surface area contributed by atoms with Crippen molar-refractivity contribution in [3.05, 3.63) is 87.3 Å². The van der Waals surface area contributed by atoms with Crippen LogP contribution in [-0.2, 0) is 0 Å². The molecule has 0 bridgehead atoms. The summed E-state index contributed by atoms with van der Waals surface area (Å²) in [6.45, 7) is 0. The van der Waals surface area contributed by atoms with Crippen LogP contribution in [0.5, 0.6) is 11.5 Å². The number of hydrogen-bond donors (Lipinski definition) is 2. The standard InChI is InChI=1S/C20H13N3O4/c21-10-16-18(11-3-1-4-12(9-11)23(25)26)15-8-7-13-14(5-2-6-17(13)24)19(15)27-20(16)22/h1-9,18,24H,22H2. The first kappa shape index (κ1) is 16.4. The van der Waals surface area contributed by atoms with Gasteiger partial charge in [0.25, 0.3) is 5.69 Å². The van der Waals surface area contributed by atoms with E-state index in [0.29, 0.717) is 27.6 Å². The van der Waals surface area contributed by atoms with E-state index in [-0.39, 0.29) is 22.9 Å². The fourth-order valence-electron chi connectivity index (χ4n) is 3.42. The zero-order chi connectivity index (χ0) is 19.1. The molecule has 0 spiro atoms. The van der Waals surface area contributed by atoms with Crippen molar-refractivity contribution in [3.63, 3.8) is 0 Å². The van der Waals surface area contributed by atoms with Crippen LogP contribution in [0.2, 0.25) is 0 Å². The van der Waals surface area contributed by atoms with Gasteiger partial charge in [-0.15, -0.1) is 0 Å². The third kappa shape index (κ3) is 2.51. The van der Waals surface area contributed by atoms with Crippen molar-refractivity contribution in [1.29, 1.82) is 5.26 Å². The lowest BCUT2D eigenvalue weighted by molar-refractivity contribution is -0.384. The molecule has 0 aliphatic carbocycles. The molecule has 0 saturated carbocycles. The summed E-state index contributed by atoms with van der Waals surface area (Å²) in [6.07, 6.45) is 0. The predicted octanol–water partition coefficient (Wildman–Crippen LogP) is 3.67. The SMILES string of the molecule is N#CC1=C(N)Oc2c(ccc3c(O)cccc23)C1c1cccc([N+](=O)[O-])c1. The third-order valence-electron chi connectivity index (χ3n) is 4.63. The van der Waals surface area contributed by atoms with Crippen molar-refractivity contribution in [2.45, 2.75) is 5.92 Å². The number of nitrogens with zero attached hydrogens (tertiary/aromatic N) is 2. The summed E-state index contributed by atoms with van der Waals surface area (Å²) in [7, 11) is 0. The number of phenolic OH excluding ortho intramolecular Hbond substituents is 1. The number of nitrogens with two attached hydrogens (primary N) is 1. The minimum atomic E-state index is -0.606. The lowest BCUT2D eigenvalue weighted by Crippen LogP contribution is -2.21. The Labute approximate surface area is 153 Å². The molecule has 1 aliphatic heterocycles. The number of benzene rings is 3. The number of nitro benzene ring substituents is 1. The van der Waals surface area contributed by atoms with Crippen molar-refractivity contribution in [2.24, 2.45) is 5.73 Å². The summed E-state index contributed by atoms with van der Waals surface area (Å²) >= 11 is 0. The van der Waals surface area contributed by atoms with Gasteiger partial charge in [0, 0.05) is 28.5 Å². The molecule has 3 aromatic carbocycles. The Balaban J connectivity index is 2.01. The lowest BCUT2D eigenvalue weighted by Gasteiger charge is -2.27. The second-order valence-electron chi connectivity index (χ2n) is 6.13. The van der Waals surface area contributed by atoms with E-state index in [1.54, 1.807) is 42.5 Å². The van der Waals surface area contributed by atoms with Gasteiger partial charge in [-0.1, -0.05) is 36.4 Å². The normalized spacial score (nSPS) is 15.7. The molecule has 3 N–H and O–H groups in total. The van der Waals surface area contributed by atoms with Crippen LogP contribution in [0.4, 0.5) is 5.69 Å². The van der Waals surface area contributed by atoms with Gasteiger partial charge >= 0.3 is 0 Å². The Morgan fingerprint density at radius 1 is 1.15 bits per heavy atom. The maximum atomic E-state index is 11.2. The monoisotopic (exact) mass is 359 g/mol. The van der Waals surface area contributed by atoms with Gasteiger partial charge in [0.15, 0.2) is 0 Å². The van der Waals surface area contributed by atoms with Gasteiger partial charge in [-0.25, -0.2) is 0 Å². The van der Waals surface area contributed by atoms with Gasteiger partial charge in [0.2, 0.25) is 5.88 Å². The van der Waals surface area contributed by atoms with Crippen LogP contribution in [0.1, 0.15) is 17.0 Å². The average molecular weight is 359 g/mol. The Morgan fingerprint density at radius 3 is 2.67 bits per heavy atom. The maximum absolute atomic E-state index is 11.2. The molecular weight excluding hydrogens is 346 g/mol. The molecule has 7 heteroatoms. The van der Waals surface area contributed by atoms with Crippen LogP contribution in [0, 0.1) is 21.4 Å². The summed E-state index contributed by atoms with van der Waals surface area (Å²) in [5.41, 5.74) is 7.32. The minimum absolute atomic E-state index is 0.0580. The number of allylic oxidation sites excluding steroid dienone is 1. The van der Waals surface area contributed by atoms with Crippen molar-refractivity contribution >= 4 is 16.5 Å². The molecule has 0 fully saturated rings. The van der Waals surface area contributed by atoms with Gasteiger partial charge in [0.1, 0.15) is 23.1 Å². The van der Waals surface area contributed by atoms with E-state index < -0.39 is 10.8 Å². The van der Waals surface area contributed by atoms with Crippen molar-refractivity contribution < 1.29 is 14.8 Å². The summed E-state index contributed by atoms with van der Waals surface area (Å²) in [4.78, 5) is 10.7. The van der Waals surface area contributed by atoms with Crippen LogP contribution in [0.3, 0.4) is 0 Å². The van der Waals surface area contributed by atoms with Crippen molar-refractivity contribution in [1.82, 2.24) is 0 Å². The summed E-state index contributed by atoms with van der Waals surface area (Å²) in [5.74, 6) is -0.140. The minimum Gasteiger partial charge on any atom is -0.507 e. The van der Waals surface area contributed by atoms with Crippen LogP contribution >= 0.6 is 0 Å². The Morgan fingerprint density at radius 2 is 1.93 bits per heavy atom. The Bertz CT molecular complexity index is 1180. The van der Waals surface area contributed by atoms with Gasteiger partial charge in [-0.3, -0.25) is 10.1 Å².